The number of hydrogen-bond acceptors (Lipinski definition) is 6. The van der Waals surface area contributed by atoms with Gasteiger partial charge in [0.25, 0.3) is 0 Å². The molecule has 0 spiro atoms. The highest BCUT2D eigenvalue weighted by Gasteiger charge is 2.17. The third kappa shape index (κ3) is 3.29. The van der Waals surface area contributed by atoms with Gasteiger partial charge in [0.05, 0.1) is 31.0 Å². The molecule has 7 nitrogen and oxygen atoms in total. The van der Waals surface area contributed by atoms with Gasteiger partial charge in [0.2, 0.25) is 5.91 Å². The van der Waals surface area contributed by atoms with Gasteiger partial charge in [-0.05, 0) is 31.0 Å². The number of benzene rings is 1. The summed E-state index contributed by atoms with van der Waals surface area (Å²) in [5.41, 5.74) is 2.38. The number of furan rings is 1. The van der Waals surface area contributed by atoms with Crippen molar-refractivity contribution in [3.05, 3.63) is 45.5 Å². The summed E-state index contributed by atoms with van der Waals surface area (Å²) in [6.45, 7) is 3.16. The Morgan fingerprint density at radius 3 is 2.72 bits per heavy atom. The predicted octanol–water partition coefficient (Wildman–Crippen LogP) is 1.17. The number of fused-ring (bicyclic) bond motifs is 2. The van der Waals surface area contributed by atoms with Crippen molar-refractivity contribution in [1.82, 2.24) is 5.32 Å². The van der Waals surface area contributed by atoms with Crippen molar-refractivity contribution in [1.29, 1.82) is 0 Å². The Hall–Kier alpha value is -2.64. The highest BCUT2D eigenvalue weighted by atomic mass is 16.4. The zero-order chi connectivity index (χ0) is 18.1. The highest BCUT2D eigenvalue weighted by Crippen LogP contribution is 2.28. The Morgan fingerprint density at radius 2 is 2.00 bits per heavy atom. The molecule has 0 aliphatic carbocycles. The van der Waals surface area contributed by atoms with Crippen LogP contribution in [-0.2, 0) is 11.2 Å². The standard InChI is InChI=1S/C18H19NO6/c1-9-8-24-15-5-16-13(3-12(9)15)10(2)14(18(23)25-16)4-17(22)19-6-11(21)7-20/h3,5,8,11,20-21H,4,6-7H2,1-2H3,(H,19,22)/t11-/m1/s1. The molecule has 1 amide bonds. The first-order valence-electron chi connectivity index (χ1n) is 7.90. The van der Waals surface area contributed by atoms with Crippen molar-refractivity contribution in [3.8, 4) is 0 Å². The minimum absolute atomic E-state index is 0.0812. The summed E-state index contributed by atoms with van der Waals surface area (Å²) in [6, 6.07) is 3.56. The lowest BCUT2D eigenvalue weighted by molar-refractivity contribution is -0.121. The van der Waals surface area contributed by atoms with Crippen molar-refractivity contribution < 1.29 is 23.8 Å². The first kappa shape index (κ1) is 17.2. The van der Waals surface area contributed by atoms with Gasteiger partial charge in [-0.15, -0.1) is 0 Å². The number of amides is 1. The minimum atomic E-state index is -1.03. The van der Waals surface area contributed by atoms with E-state index in [4.69, 9.17) is 13.9 Å². The molecule has 0 fully saturated rings. The minimum Gasteiger partial charge on any atom is -0.464 e. The molecule has 0 aliphatic heterocycles. The van der Waals surface area contributed by atoms with Crippen LogP contribution in [0.5, 0.6) is 0 Å². The molecule has 3 N–H and O–H groups in total. The van der Waals surface area contributed by atoms with Gasteiger partial charge in [0.1, 0.15) is 11.2 Å². The second kappa shape index (κ2) is 6.70. The van der Waals surface area contributed by atoms with E-state index in [0.717, 1.165) is 16.3 Å². The number of carbonyl (C=O) groups excluding carboxylic acids is 1. The Morgan fingerprint density at radius 1 is 1.24 bits per heavy atom. The summed E-state index contributed by atoms with van der Waals surface area (Å²) in [6.07, 6.45) is 0.443. The van der Waals surface area contributed by atoms with Gasteiger partial charge < -0.3 is 24.4 Å². The van der Waals surface area contributed by atoms with E-state index in [1.807, 2.05) is 13.0 Å². The fourth-order valence-electron chi connectivity index (χ4n) is 2.76. The molecule has 0 saturated carbocycles. The van der Waals surface area contributed by atoms with Crippen LogP contribution in [0.2, 0.25) is 0 Å². The number of hydrogen-bond donors (Lipinski definition) is 3. The summed E-state index contributed by atoms with van der Waals surface area (Å²) < 4.78 is 10.8. The van der Waals surface area contributed by atoms with Gasteiger partial charge in [-0.2, -0.15) is 0 Å². The molecule has 1 atom stereocenters. The Balaban J connectivity index is 1.98. The zero-order valence-electron chi connectivity index (χ0n) is 14.0. The molecule has 25 heavy (non-hydrogen) atoms. The molecule has 0 bridgehead atoms. The van der Waals surface area contributed by atoms with Gasteiger partial charge in [0.15, 0.2) is 0 Å². The van der Waals surface area contributed by atoms with E-state index >= 15 is 0 Å². The quantitative estimate of drug-likeness (QED) is 0.598. The summed E-state index contributed by atoms with van der Waals surface area (Å²) in [5.74, 6) is -0.428. The third-order valence-corrected chi connectivity index (χ3v) is 4.26. The lowest BCUT2D eigenvalue weighted by Crippen LogP contribution is -2.35. The molecule has 1 aromatic carbocycles. The number of aliphatic hydroxyl groups is 2. The Kier molecular flexibility index (Phi) is 4.61. The molecule has 0 unspecified atom stereocenters. The largest absolute Gasteiger partial charge is 0.464 e. The van der Waals surface area contributed by atoms with Gasteiger partial charge in [-0.1, -0.05) is 0 Å². The molecule has 132 valence electrons. The van der Waals surface area contributed by atoms with Gasteiger partial charge in [-0.3, -0.25) is 4.79 Å². The maximum atomic E-state index is 12.3. The van der Waals surface area contributed by atoms with Crippen LogP contribution >= 0.6 is 0 Å². The normalized spacial score (nSPS) is 12.6. The van der Waals surface area contributed by atoms with Crippen LogP contribution in [0, 0.1) is 13.8 Å². The second-order valence-electron chi connectivity index (χ2n) is 6.07. The van der Waals surface area contributed by atoms with Gasteiger partial charge in [-0.25, -0.2) is 4.79 Å². The van der Waals surface area contributed by atoms with Crippen LogP contribution in [0.3, 0.4) is 0 Å². The van der Waals surface area contributed by atoms with Crippen LogP contribution in [-0.4, -0.2) is 35.4 Å². The molecule has 3 rings (SSSR count). The molecule has 2 heterocycles. The highest BCUT2D eigenvalue weighted by molar-refractivity contribution is 5.96. The number of aryl methyl sites for hydroxylation is 2. The summed E-state index contributed by atoms with van der Waals surface area (Å²) >= 11 is 0. The average molecular weight is 345 g/mol. The molecule has 3 aromatic rings. The number of rotatable bonds is 5. The summed E-state index contributed by atoms with van der Waals surface area (Å²) in [7, 11) is 0. The van der Waals surface area contributed by atoms with Crippen molar-refractivity contribution in [3.63, 3.8) is 0 Å². The van der Waals surface area contributed by atoms with Gasteiger partial charge >= 0.3 is 5.63 Å². The van der Waals surface area contributed by atoms with E-state index in [2.05, 4.69) is 5.32 Å². The smallest absolute Gasteiger partial charge is 0.340 e. The summed E-state index contributed by atoms with van der Waals surface area (Å²) in [5, 5.41) is 22.2. The van der Waals surface area contributed by atoms with E-state index < -0.39 is 24.2 Å². The van der Waals surface area contributed by atoms with E-state index in [-0.39, 0.29) is 18.5 Å². The first-order valence-corrected chi connectivity index (χ1v) is 7.90. The molecule has 0 radical (unpaired) electrons. The fraction of sp³-hybridized carbons (Fsp3) is 0.333. The van der Waals surface area contributed by atoms with E-state index in [0.29, 0.717) is 16.7 Å². The zero-order valence-corrected chi connectivity index (χ0v) is 14.0. The van der Waals surface area contributed by atoms with Crippen molar-refractivity contribution in [2.75, 3.05) is 13.2 Å². The third-order valence-electron chi connectivity index (χ3n) is 4.26. The second-order valence-corrected chi connectivity index (χ2v) is 6.07. The van der Waals surface area contributed by atoms with Crippen LogP contribution < -0.4 is 10.9 Å². The average Bonchev–Trinajstić information content (AvgIpc) is 2.95. The number of aliphatic hydroxyl groups excluding tert-OH is 2. The topological polar surface area (TPSA) is 113 Å². The van der Waals surface area contributed by atoms with Crippen molar-refractivity contribution in [2.24, 2.45) is 0 Å². The number of nitrogens with one attached hydrogen (secondary N) is 1. The number of carbonyl (C=O) groups is 1. The molecule has 0 aliphatic rings. The molecule has 0 saturated heterocycles. The SMILES string of the molecule is Cc1coc2cc3oc(=O)c(CC(=O)NC[C@@H](O)CO)c(C)c3cc12. The van der Waals surface area contributed by atoms with Crippen molar-refractivity contribution in [2.45, 2.75) is 26.4 Å². The maximum Gasteiger partial charge on any atom is 0.340 e. The first-order chi connectivity index (χ1) is 11.9. The van der Waals surface area contributed by atoms with Crippen LogP contribution in [0.15, 0.2) is 32.0 Å². The van der Waals surface area contributed by atoms with Crippen LogP contribution in [0.25, 0.3) is 21.9 Å². The molecular formula is C18H19NO6. The Bertz CT molecular complexity index is 1000. The van der Waals surface area contributed by atoms with Crippen LogP contribution in [0.1, 0.15) is 16.7 Å². The Labute approximate surface area is 142 Å². The fourth-order valence-corrected chi connectivity index (χ4v) is 2.76. The lowest BCUT2D eigenvalue weighted by Gasteiger charge is -2.10. The predicted molar refractivity (Wildman–Crippen MR) is 91.5 cm³/mol. The molecule has 2 aromatic heterocycles. The summed E-state index contributed by atoms with van der Waals surface area (Å²) in [4.78, 5) is 24.3. The van der Waals surface area contributed by atoms with E-state index in [9.17, 15) is 14.7 Å². The van der Waals surface area contributed by atoms with Crippen molar-refractivity contribution >= 4 is 27.8 Å². The van der Waals surface area contributed by atoms with E-state index in [1.54, 1.807) is 19.3 Å². The van der Waals surface area contributed by atoms with Gasteiger partial charge in [0, 0.05) is 23.4 Å². The molecular weight excluding hydrogens is 326 g/mol. The lowest BCUT2D eigenvalue weighted by atomic mass is 10.0. The molecule has 7 heteroatoms. The van der Waals surface area contributed by atoms with Crippen LogP contribution in [0.4, 0.5) is 0 Å². The maximum absolute atomic E-state index is 12.3. The van der Waals surface area contributed by atoms with E-state index in [1.165, 1.54) is 0 Å². The monoisotopic (exact) mass is 345 g/mol.